The maximum Gasteiger partial charge on any atom is 0.0639 e. The number of unbranched alkanes of at least 4 members (excludes halogenated alkanes) is 2. The molecule has 0 aliphatic rings. The average molecular weight is 184 g/mol. The van der Waals surface area contributed by atoms with Crippen molar-refractivity contribution in [3.05, 3.63) is 24.3 Å². The molecular weight excluding hydrogens is 164 g/mol. The first-order valence-corrected chi connectivity index (χ1v) is 4.75. The van der Waals surface area contributed by atoms with E-state index in [-0.39, 0.29) is 13.2 Å². The molecule has 0 spiro atoms. The summed E-state index contributed by atoms with van der Waals surface area (Å²) in [5.74, 6) is 0. The third kappa shape index (κ3) is 7.75. The molecule has 2 heteroatoms. The van der Waals surface area contributed by atoms with Crippen LogP contribution in [0, 0.1) is 0 Å². The minimum atomic E-state index is 0.101. The van der Waals surface area contributed by atoms with Crippen molar-refractivity contribution in [3.8, 4) is 0 Å². The fourth-order valence-corrected chi connectivity index (χ4v) is 1.08. The molecule has 2 nitrogen and oxygen atoms in total. The second-order valence-electron chi connectivity index (χ2n) is 3.38. The molecule has 0 aromatic rings. The minimum absolute atomic E-state index is 0.101. The lowest BCUT2D eigenvalue weighted by Crippen LogP contribution is -1.90. The second kappa shape index (κ2) is 8.02. The van der Waals surface area contributed by atoms with Crippen LogP contribution < -0.4 is 0 Å². The highest BCUT2D eigenvalue weighted by atomic mass is 16.3. The van der Waals surface area contributed by atoms with Crippen LogP contribution in [0.4, 0.5) is 0 Å². The van der Waals surface area contributed by atoms with Crippen LogP contribution in [0.15, 0.2) is 24.3 Å². The van der Waals surface area contributed by atoms with Gasteiger partial charge < -0.3 is 10.2 Å². The summed E-state index contributed by atoms with van der Waals surface area (Å²) in [6.45, 7) is 7.63. The lowest BCUT2D eigenvalue weighted by atomic mass is 10.1. The normalized spacial score (nSPS) is 10.0. The summed E-state index contributed by atoms with van der Waals surface area (Å²) >= 11 is 0. The molecule has 0 fully saturated rings. The summed E-state index contributed by atoms with van der Waals surface area (Å²) in [4.78, 5) is 0. The zero-order valence-corrected chi connectivity index (χ0v) is 8.26. The number of rotatable bonds is 8. The molecule has 0 unspecified atom stereocenters. The Morgan fingerprint density at radius 2 is 1.15 bits per heavy atom. The van der Waals surface area contributed by atoms with E-state index in [4.69, 9.17) is 10.2 Å². The first-order chi connectivity index (χ1) is 6.20. The second-order valence-corrected chi connectivity index (χ2v) is 3.38. The van der Waals surface area contributed by atoms with Crippen molar-refractivity contribution in [3.63, 3.8) is 0 Å². The van der Waals surface area contributed by atoms with Crippen molar-refractivity contribution in [1.29, 1.82) is 0 Å². The van der Waals surface area contributed by atoms with E-state index in [2.05, 4.69) is 13.2 Å². The van der Waals surface area contributed by atoms with Crippen molar-refractivity contribution in [2.45, 2.75) is 32.1 Å². The smallest absolute Gasteiger partial charge is 0.0639 e. The van der Waals surface area contributed by atoms with Crippen molar-refractivity contribution in [2.75, 3.05) is 13.2 Å². The standard InChI is InChI=1S/C11H20O2/c1-10(8-12)6-4-3-5-7-11(2)9-13/h12-13H,1-9H2. The van der Waals surface area contributed by atoms with Gasteiger partial charge in [-0.15, -0.1) is 0 Å². The van der Waals surface area contributed by atoms with Gasteiger partial charge in [0, 0.05) is 0 Å². The Morgan fingerprint density at radius 1 is 0.769 bits per heavy atom. The van der Waals surface area contributed by atoms with E-state index < -0.39 is 0 Å². The quantitative estimate of drug-likeness (QED) is 0.447. The molecule has 0 aromatic carbocycles. The number of hydrogen-bond acceptors (Lipinski definition) is 2. The molecule has 0 amide bonds. The number of hydrogen-bond donors (Lipinski definition) is 2. The van der Waals surface area contributed by atoms with Gasteiger partial charge in [0.1, 0.15) is 0 Å². The van der Waals surface area contributed by atoms with Crippen LogP contribution in [0.1, 0.15) is 32.1 Å². The van der Waals surface area contributed by atoms with E-state index in [1.165, 1.54) is 0 Å². The van der Waals surface area contributed by atoms with Gasteiger partial charge in [-0.3, -0.25) is 0 Å². The predicted octanol–water partition coefficient (Wildman–Crippen LogP) is 2.03. The molecule has 0 saturated heterocycles. The van der Waals surface area contributed by atoms with E-state index in [1.54, 1.807) is 0 Å². The first kappa shape index (κ1) is 12.4. The molecule has 0 saturated carbocycles. The van der Waals surface area contributed by atoms with Crippen LogP contribution >= 0.6 is 0 Å². The Bertz CT molecular complexity index is 143. The van der Waals surface area contributed by atoms with Gasteiger partial charge in [0.25, 0.3) is 0 Å². The van der Waals surface area contributed by atoms with Crippen molar-refractivity contribution < 1.29 is 10.2 Å². The largest absolute Gasteiger partial charge is 0.392 e. The fraction of sp³-hybridized carbons (Fsp3) is 0.636. The first-order valence-electron chi connectivity index (χ1n) is 4.75. The van der Waals surface area contributed by atoms with Crippen LogP contribution in [0.3, 0.4) is 0 Å². The lowest BCUT2D eigenvalue weighted by Gasteiger charge is -2.03. The molecule has 76 valence electrons. The summed E-state index contributed by atoms with van der Waals surface area (Å²) in [5, 5.41) is 17.3. The highest BCUT2D eigenvalue weighted by Gasteiger charge is 1.95. The van der Waals surface area contributed by atoms with Gasteiger partial charge in [-0.2, -0.15) is 0 Å². The molecule has 2 N–H and O–H groups in total. The van der Waals surface area contributed by atoms with Crippen molar-refractivity contribution in [2.24, 2.45) is 0 Å². The van der Waals surface area contributed by atoms with E-state index in [0.717, 1.165) is 43.3 Å². The summed E-state index contributed by atoms with van der Waals surface area (Å²) in [6, 6.07) is 0. The van der Waals surface area contributed by atoms with Gasteiger partial charge in [-0.25, -0.2) is 0 Å². The number of aliphatic hydroxyl groups excluding tert-OH is 2. The monoisotopic (exact) mass is 184 g/mol. The average Bonchev–Trinajstić information content (AvgIpc) is 2.16. The maximum atomic E-state index is 8.67. The van der Waals surface area contributed by atoms with Gasteiger partial charge in [0.2, 0.25) is 0 Å². The Labute approximate surface area is 80.6 Å². The highest BCUT2D eigenvalue weighted by molar-refractivity contribution is 4.94. The van der Waals surface area contributed by atoms with Crippen molar-refractivity contribution in [1.82, 2.24) is 0 Å². The van der Waals surface area contributed by atoms with Crippen molar-refractivity contribution >= 4 is 0 Å². The predicted molar refractivity (Wildman–Crippen MR) is 55.5 cm³/mol. The molecule has 0 atom stereocenters. The Balaban J connectivity index is 3.17. The topological polar surface area (TPSA) is 40.5 Å². The summed E-state index contributed by atoms with van der Waals surface area (Å²) in [5.41, 5.74) is 1.81. The SMILES string of the molecule is C=C(CO)CCCCCC(=C)CO. The van der Waals surface area contributed by atoms with Crippen LogP contribution in [0.5, 0.6) is 0 Å². The van der Waals surface area contributed by atoms with E-state index in [0.29, 0.717) is 0 Å². The lowest BCUT2D eigenvalue weighted by molar-refractivity contribution is 0.324. The Hall–Kier alpha value is -0.600. The van der Waals surface area contributed by atoms with Gasteiger partial charge in [0.15, 0.2) is 0 Å². The third-order valence-corrected chi connectivity index (χ3v) is 2.01. The fourth-order valence-electron chi connectivity index (χ4n) is 1.08. The molecule has 0 bridgehead atoms. The summed E-state index contributed by atoms with van der Waals surface area (Å²) in [6.07, 6.45) is 5.05. The molecule has 0 aliphatic heterocycles. The zero-order valence-electron chi connectivity index (χ0n) is 8.26. The zero-order chi connectivity index (χ0) is 10.1. The van der Waals surface area contributed by atoms with Gasteiger partial charge >= 0.3 is 0 Å². The third-order valence-electron chi connectivity index (χ3n) is 2.01. The van der Waals surface area contributed by atoms with Crippen LogP contribution in [0.2, 0.25) is 0 Å². The van der Waals surface area contributed by atoms with E-state index in [1.807, 2.05) is 0 Å². The van der Waals surface area contributed by atoms with Gasteiger partial charge in [0.05, 0.1) is 13.2 Å². The molecule has 0 aromatic heterocycles. The summed E-state index contributed by atoms with van der Waals surface area (Å²) < 4.78 is 0. The molecule has 0 rings (SSSR count). The molecule has 0 radical (unpaired) electrons. The Morgan fingerprint density at radius 3 is 1.46 bits per heavy atom. The van der Waals surface area contributed by atoms with Crippen LogP contribution in [-0.4, -0.2) is 23.4 Å². The Kier molecular flexibility index (Phi) is 7.65. The molecule has 0 heterocycles. The minimum Gasteiger partial charge on any atom is -0.392 e. The number of aliphatic hydroxyl groups is 2. The van der Waals surface area contributed by atoms with Crippen LogP contribution in [-0.2, 0) is 0 Å². The molecule has 13 heavy (non-hydrogen) atoms. The maximum absolute atomic E-state index is 8.67. The highest BCUT2D eigenvalue weighted by Crippen LogP contribution is 2.10. The van der Waals surface area contributed by atoms with Gasteiger partial charge in [-0.1, -0.05) is 30.7 Å². The van der Waals surface area contributed by atoms with Crippen LogP contribution in [0.25, 0.3) is 0 Å². The molecular formula is C11H20O2. The molecule has 0 aliphatic carbocycles. The van der Waals surface area contributed by atoms with Gasteiger partial charge in [-0.05, 0) is 25.7 Å². The van der Waals surface area contributed by atoms with E-state index in [9.17, 15) is 0 Å². The van der Waals surface area contributed by atoms with E-state index >= 15 is 0 Å². The summed E-state index contributed by atoms with van der Waals surface area (Å²) in [7, 11) is 0.